The molecule has 4 nitrogen and oxygen atoms in total. The van der Waals surface area contributed by atoms with Gasteiger partial charge >= 0.3 is 0 Å². The quantitative estimate of drug-likeness (QED) is 0.841. The first-order chi connectivity index (χ1) is 8.73. The fourth-order valence-electron chi connectivity index (χ4n) is 2.78. The summed E-state index contributed by atoms with van der Waals surface area (Å²) in [5, 5.41) is 11.8. The van der Waals surface area contributed by atoms with Crippen LogP contribution in [0.4, 0.5) is 5.69 Å². The lowest BCUT2D eigenvalue weighted by atomic mass is 9.74. The van der Waals surface area contributed by atoms with Gasteiger partial charge in [-0.15, -0.1) is 0 Å². The van der Waals surface area contributed by atoms with E-state index >= 15 is 0 Å². The van der Waals surface area contributed by atoms with Gasteiger partial charge in [-0.3, -0.25) is 4.79 Å². The van der Waals surface area contributed by atoms with Crippen LogP contribution in [0.5, 0.6) is 0 Å². The first-order valence-corrected chi connectivity index (χ1v) is 6.35. The Kier molecular flexibility index (Phi) is 2.84. The molecule has 0 spiro atoms. The highest BCUT2D eigenvalue weighted by Gasteiger charge is 2.40. The SMILES string of the molecule is O=C1Cc2cc(C3(CCCO)COC3)ccc2N1. The molecule has 0 aromatic heterocycles. The van der Waals surface area contributed by atoms with Crippen LogP contribution in [0.1, 0.15) is 24.0 Å². The van der Waals surface area contributed by atoms with Crippen LogP contribution in [-0.2, 0) is 21.4 Å². The van der Waals surface area contributed by atoms with Gasteiger partial charge in [0.05, 0.1) is 19.6 Å². The van der Waals surface area contributed by atoms with Gasteiger partial charge in [-0.2, -0.15) is 0 Å². The average Bonchev–Trinajstić information content (AvgIpc) is 2.67. The van der Waals surface area contributed by atoms with Crippen LogP contribution >= 0.6 is 0 Å². The van der Waals surface area contributed by atoms with Gasteiger partial charge in [0.25, 0.3) is 0 Å². The third-order valence-corrected chi connectivity index (χ3v) is 3.91. The molecule has 0 saturated carbocycles. The molecule has 1 saturated heterocycles. The number of hydrogen-bond acceptors (Lipinski definition) is 3. The summed E-state index contributed by atoms with van der Waals surface area (Å²) in [4.78, 5) is 11.3. The molecule has 96 valence electrons. The van der Waals surface area contributed by atoms with E-state index in [1.807, 2.05) is 6.07 Å². The van der Waals surface area contributed by atoms with Crippen molar-refractivity contribution < 1.29 is 14.6 Å². The average molecular weight is 247 g/mol. The summed E-state index contributed by atoms with van der Waals surface area (Å²) < 4.78 is 5.37. The van der Waals surface area contributed by atoms with E-state index in [4.69, 9.17) is 9.84 Å². The van der Waals surface area contributed by atoms with Crippen molar-refractivity contribution in [3.8, 4) is 0 Å². The molecule has 3 rings (SSSR count). The third kappa shape index (κ3) is 1.82. The molecular weight excluding hydrogens is 230 g/mol. The standard InChI is InChI=1S/C14H17NO3/c16-5-1-4-14(8-18-9-14)11-2-3-12-10(6-11)7-13(17)15-12/h2-3,6,16H,1,4-5,7-9H2,(H,15,17). The number of ether oxygens (including phenoxy) is 1. The number of aliphatic hydroxyl groups is 1. The molecule has 2 heterocycles. The molecule has 0 unspecified atom stereocenters. The fourth-order valence-corrected chi connectivity index (χ4v) is 2.78. The first-order valence-electron chi connectivity index (χ1n) is 6.35. The molecule has 18 heavy (non-hydrogen) atoms. The normalized spacial score (nSPS) is 20.2. The van der Waals surface area contributed by atoms with Gasteiger partial charge in [-0.1, -0.05) is 12.1 Å². The first kappa shape index (κ1) is 11.7. The van der Waals surface area contributed by atoms with E-state index in [9.17, 15) is 4.79 Å². The zero-order valence-electron chi connectivity index (χ0n) is 10.2. The summed E-state index contributed by atoms with van der Waals surface area (Å²) in [5.41, 5.74) is 3.29. The predicted molar refractivity (Wildman–Crippen MR) is 67.6 cm³/mol. The zero-order chi connectivity index (χ0) is 12.6. The number of benzene rings is 1. The van der Waals surface area contributed by atoms with Gasteiger partial charge in [-0.05, 0) is 30.0 Å². The molecule has 2 aliphatic heterocycles. The number of amides is 1. The second-order valence-corrected chi connectivity index (χ2v) is 5.20. The van der Waals surface area contributed by atoms with Crippen LogP contribution in [-0.4, -0.2) is 30.8 Å². The maximum atomic E-state index is 11.3. The van der Waals surface area contributed by atoms with Gasteiger partial charge < -0.3 is 15.2 Å². The minimum Gasteiger partial charge on any atom is -0.396 e. The fraction of sp³-hybridized carbons (Fsp3) is 0.500. The highest BCUT2D eigenvalue weighted by Crippen LogP contribution is 2.39. The lowest BCUT2D eigenvalue weighted by molar-refractivity contribution is -0.115. The minimum absolute atomic E-state index is 0.0450. The van der Waals surface area contributed by atoms with Crippen LogP contribution in [0.2, 0.25) is 0 Å². The Labute approximate surface area is 106 Å². The molecule has 4 heteroatoms. The number of carbonyl (C=O) groups is 1. The van der Waals surface area contributed by atoms with Crippen LogP contribution < -0.4 is 5.32 Å². The summed E-state index contributed by atoms with van der Waals surface area (Å²) in [7, 11) is 0. The number of carbonyl (C=O) groups excluding carboxylic acids is 1. The van der Waals surface area contributed by atoms with E-state index in [0.717, 1.165) is 24.1 Å². The van der Waals surface area contributed by atoms with Crippen LogP contribution in [0.15, 0.2) is 18.2 Å². The Bertz CT molecular complexity index is 480. The van der Waals surface area contributed by atoms with Crippen molar-refractivity contribution in [2.75, 3.05) is 25.1 Å². The van der Waals surface area contributed by atoms with Crippen molar-refractivity contribution in [2.45, 2.75) is 24.7 Å². The minimum atomic E-state index is 0.0450. The molecule has 0 radical (unpaired) electrons. The number of hydrogen-bond donors (Lipinski definition) is 2. The van der Waals surface area contributed by atoms with Crippen molar-refractivity contribution in [3.05, 3.63) is 29.3 Å². The van der Waals surface area contributed by atoms with Crippen molar-refractivity contribution in [2.24, 2.45) is 0 Å². The topological polar surface area (TPSA) is 58.6 Å². The summed E-state index contributed by atoms with van der Waals surface area (Å²) >= 11 is 0. The molecule has 1 fully saturated rings. The highest BCUT2D eigenvalue weighted by molar-refractivity contribution is 5.99. The van der Waals surface area contributed by atoms with Gasteiger partial charge in [0.1, 0.15) is 0 Å². The molecule has 1 aromatic rings. The Morgan fingerprint density at radius 2 is 2.22 bits per heavy atom. The van der Waals surface area contributed by atoms with Gasteiger partial charge in [0.2, 0.25) is 5.91 Å². The Morgan fingerprint density at radius 3 is 2.89 bits per heavy atom. The maximum Gasteiger partial charge on any atom is 0.228 e. The number of nitrogens with one attached hydrogen (secondary N) is 1. The predicted octanol–water partition coefficient (Wildman–Crippen LogP) is 1.22. The van der Waals surface area contributed by atoms with Crippen molar-refractivity contribution >= 4 is 11.6 Å². The van der Waals surface area contributed by atoms with Crippen molar-refractivity contribution in [1.29, 1.82) is 0 Å². The van der Waals surface area contributed by atoms with Gasteiger partial charge in [0.15, 0.2) is 0 Å². The lowest BCUT2D eigenvalue weighted by Crippen LogP contribution is -2.46. The summed E-state index contributed by atoms with van der Waals surface area (Å²) in [6.07, 6.45) is 2.20. The van der Waals surface area contributed by atoms with E-state index in [0.29, 0.717) is 19.6 Å². The van der Waals surface area contributed by atoms with Crippen LogP contribution in [0.3, 0.4) is 0 Å². The number of aliphatic hydroxyl groups excluding tert-OH is 1. The Morgan fingerprint density at radius 1 is 1.39 bits per heavy atom. The van der Waals surface area contributed by atoms with Gasteiger partial charge in [0, 0.05) is 17.7 Å². The van der Waals surface area contributed by atoms with E-state index < -0.39 is 0 Å². The molecular formula is C14H17NO3. The van der Waals surface area contributed by atoms with Crippen molar-refractivity contribution in [1.82, 2.24) is 0 Å². The highest BCUT2D eigenvalue weighted by atomic mass is 16.5. The van der Waals surface area contributed by atoms with Gasteiger partial charge in [-0.25, -0.2) is 0 Å². The number of rotatable bonds is 4. The zero-order valence-corrected chi connectivity index (χ0v) is 10.2. The second-order valence-electron chi connectivity index (χ2n) is 5.20. The Balaban J connectivity index is 1.88. The Hall–Kier alpha value is -1.39. The number of fused-ring (bicyclic) bond motifs is 1. The smallest absolute Gasteiger partial charge is 0.228 e. The largest absolute Gasteiger partial charge is 0.396 e. The maximum absolute atomic E-state index is 11.3. The molecule has 0 aliphatic carbocycles. The monoisotopic (exact) mass is 247 g/mol. The molecule has 2 aliphatic rings. The number of anilines is 1. The second kappa shape index (κ2) is 4.37. The summed E-state index contributed by atoms with van der Waals surface area (Å²) in [6.45, 7) is 1.65. The molecule has 0 bridgehead atoms. The van der Waals surface area contributed by atoms with E-state index in [1.54, 1.807) is 0 Å². The summed E-state index contributed by atoms with van der Waals surface area (Å²) in [6, 6.07) is 6.17. The molecule has 2 N–H and O–H groups in total. The molecule has 1 aromatic carbocycles. The molecule has 1 amide bonds. The lowest BCUT2D eigenvalue weighted by Gasteiger charge is -2.42. The molecule has 0 atom stereocenters. The van der Waals surface area contributed by atoms with Crippen molar-refractivity contribution in [3.63, 3.8) is 0 Å². The van der Waals surface area contributed by atoms with E-state index in [1.165, 1.54) is 5.56 Å². The van der Waals surface area contributed by atoms with E-state index in [-0.39, 0.29) is 17.9 Å². The van der Waals surface area contributed by atoms with Crippen LogP contribution in [0.25, 0.3) is 0 Å². The summed E-state index contributed by atoms with van der Waals surface area (Å²) in [5.74, 6) is 0.0661. The van der Waals surface area contributed by atoms with Crippen LogP contribution in [0, 0.1) is 0 Å². The van der Waals surface area contributed by atoms with E-state index in [2.05, 4.69) is 17.4 Å². The third-order valence-electron chi connectivity index (χ3n) is 3.91.